The second-order valence-corrected chi connectivity index (χ2v) is 6.50. The van der Waals surface area contributed by atoms with Crippen LogP contribution >= 0.6 is 23.7 Å². The molecule has 17 heavy (non-hydrogen) atoms. The second kappa shape index (κ2) is 5.65. The van der Waals surface area contributed by atoms with Crippen LogP contribution < -0.4 is 5.73 Å². The van der Waals surface area contributed by atoms with Gasteiger partial charge in [-0.1, -0.05) is 6.92 Å². The number of aromatic nitrogens is 1. The summed E-state index contributed by atoms with van der Waals surface area (Å²) in [5.74, 6) is 0. The zero-order chi connectivity index (χ0) is 11.8. The van der Waals surface area contributed by atoms with Crippen molar-refractivity contribution in [3.63, 3.8) is 0 Å². The highest BCUT2D eigenvalue weighted by atomic mass is 35.5. The fraction of sp³-hybridized carbons (Fsp3) is 0.750. The van der Waals surface area contributed by atoms with Crippen molar-refractivity contribution in [3.05, 3.63) is 15.6 Å². The first kappa shape index (κ1) is 14.9. The largest absolute Gasteiger partial charge is 0.330 e. The van der Waals surface area contributed by atoms with Gasteiger partial charge in [0.25, 0.3) is 0 Å². The van der Waals surface area contributed by atoms with Gasteiger partial charge < -0.3 is 5.73 Å². The summed E-state index contributed by atoms with van der Waals surface area (Å²) in [5.41, 5.74) is 7.35. The van der Waals surface area contributed by atoms with Crippen molar-refractivity contribution in [3.8, 4) is 0 Å². The minimum atomic E-state index is 0. The molecular formula is C12H22ClN3S. The van der Waals surface area contributed by atoms with Crippen LogP contribution in [0.1, 0.15) is 28.9 Å². The summed E-state index contributed by atoms with van der Waals surface area (Å²) >= 11 is 1.82. The lowest BCUT2D eigenvalue weighted by Gasteiger charge is -2.22. The van der Waals surface area contributed by atoms with E-state index in [0.717, 1.165) is 19.6 Å². The number of nitrogens with two attached hydrogens (primary N) is 1. The summed E-state index contributed by atoms with van der Waals surface area (Å²) in [6.07, 6.45) is 1.22. The van der Waals surface area contributed by atoms with Crippen molar-refractivity contribution in [2.75, 3.05) is 19.6 Å². The van der Waals surface area contributed by atoms with Gasteiger partial charge in [-0.3, -0.25) is 4.90 Å². The van der Waals surface area contributed by atoms with Crippen molar-refractivity contribution >= 4 is 23.7 Å². The third-order valence-corrected chi connectivity index (χ3v) is 4.55. The molecule has 0 bridgehead atoms. The molecule has 0 spiro atoms. The molecule has 98 valence electrons. The summed E-state index contributed by atoms with van der Waals surface area (Å²) in [4.78, 5) is 8.40. The first-order chi connectivity index (χ1) is 7.52. The van der Waals surface area contributed by atoms with E-state index in [1.165, 1.54) is 28.5 Å². The van der Waals surface area contributed by atoms with Gasteiger partial charge in [-0.15, -0.1) is 23.7 Å². The third-order valence-electron chi connectivity index (χ3n) is 3.50. The molecule has 2 N–H and O–H groups in total. The summed E-state index contributed by atoms with van der Waals surface area (Å²) in [6, 6.07) is 0. The van der Waals surface area contributed by atoms with E-state index in [1.807, 2.05) is 11.3 Å². The summed E-state index contributed by atoms with van der Waals surface area (Å²) in [6.45, 7) is 10.6. The topological polar surface area (TPSA) is 42.2 Å². The van der Waals surface area contributed by atoms with Crippen molar-refractivity contribution in [2.45, 2.75) is 33.7 Å². The molecule has 1 saturated heterocycles. The van der Waals surface area contributed by atoms with Gasteiger partial charge in [0.1, 0.15) is 0 Å². The maximum Gasteiger partial charge on any atom is 0.0900 e. The van der Waals surface area contributed by atoms with Crippen molar-refractivity contribution < 1.29 is 0 Å². The van der Waals surface area contributed by atoms with Gasteiger partial charge >= 0.3 is 0 Å². The van der Waals surface area contributed by atoms with Gasteiger partial charge in [-0.05, 0) is 38.8 Å². The molecule has 2 heterocycles. The van der Waals surface area contributed by atoms with E-state index in [0.29, 0.717) is 5.41 Å². The van der Waals surface area contributed by atoms with E-state index in [-0.39, 0.29) is 12.4 Å². The molecule has 1 unspecified atom stereocenters. The molecular weight excluding hydrogens is 254 g/mol. The summed E-state index contributed by atoms with van der Waals surface area (Å²) in [7, 11) is 0. The Morgan fingerprint density at radius 2 is 2.18 bits per heavy atom. The van der Waals surface area contributed by atoms with E-state index in [1.54, 1.807) is 0 Å². The molecule has 5 heteroatoms. The highest BCUT2D eigenvalue weighted by molar-refractivity contribution is 7.11. The molecule has 2 rings (SSSR count). The Labute approximate surface area is 114 Å². The SMILES string of the molecule is Cc1nc(C)c(CN2CCC(C)(CN)C2)s1.Cl. The number of aryl methyl sites for hydroxylation is 2. The number of likely N-dealkylation sites (tertiary alicyclic amines) is 1. The van der Waals surface area contributed by atoms with Crippen LogP contribution in [0.3, 0.4) is 0 Å². The molecule has 1 fully saturated rings. The van der Waals surface area contributed by atoms with Gasteiger partial charge in [-0.2, -0.15) is 0 Å². The van der Waals surface area contributed by atoms with E-state index < -0.39 is 0 Å². The molecule has 1 atom stereocenters. The molecule has 0 aliphatic carbocycles. The van der Waals surface area contributed by atoms with Crippen LogP contribution in [-0.4, -0.2) is 29.5 Å². The molecule has 3 nitrogen and oxygen atoms in total. The highest BCUT2D eigenvalue weighted by Gasteiger charge is 2.32. The Balaban J connectivity index is 0.00000144. The number of halogens is 1. The maximum atomic E-state index is 5.82. The van der Waals surface area contributed by atoms with Gasteiger partial charge in [-0.25, -0.2) is 4.98 Å². The van der Waals surface area contributed by atoms with Crippen LogP contribution in [0.4, 0.5) is 0 Å². The van der Waals surface area contributed by atoms with Crippen molar-refractivity contribution in [1.29, 1.82) is 0 Å². The Hall–Kier alpha value is -0.160. The molecule has 1 aromatic heterocycles. The number of rotatable bonds is 3. The van der Waals surface area contributed by atoms with E-state index in [2.05, 4.69) is 30.7 Å². The number of hydrogen-bond acceptors (Lipinski definition) is 4. The minimum absolute atomic E-state index is 0. The van der Waals surface area contributed by atoms with Crippen molar-refractivity contribution in [1.82, 2.24) is 9.88 Å². The van der Waals surface area contributed by atoms with Crippen molar-refractivity contribution in [2.24, 2.45) is 11.1 Å². The lowest BCUT2D eigenvalue weighted by molar-refractivity contribution is 0.276. The fourth-order valence-electron chi connectivity index (χ4n) is 2.35. The van der Waals surface area contributed by atoms with Crippen LogP contribution in [0.15, 0.2) is 0 Å². The molecule has 1 aliphatic rings. The molecule has 1 aromatic rings. The monoisotopic (exact) mass is 275 g/mol. The number of nitrogens with zero attached hydrogens (tertiary/aromatic N) is 2. The molecule has 0 radical (unpaired) electrons. The molecule has 0 aromatic carbocycles. The third kappa shape index (κ3) is 3.41. The van der Waals surface area contributed by atoms with Crippen LogP contribution in [0, 0.1) is 19.3 Å². The highest BCUT2D eigenvalue weighted by Crippen LogP contribution is 2.30. The van der Waals surface area contributed by atoms with Gasteiger partial charge in [0.2, 0.25) is 0 Å². The summed E-state index contributed by atoms with van der Waals surface area (Å²) < 4.78 is 0. The summed E-state index contributed by atoms with van der Waals surface area (Å²) in [5, 5.41) is 1.17. The molecule has 1 aliphatic heterocycles. The average molecular weight is 276 g/mol. The van der Waals surface area contributed by atoms with E-state index >= 15 is 0 Å². The molecule has 0 amide bonds. The van der Waals surface area contributed by atoms with E-state index in [9.17, 15) is 0 Å². The number of hydrogen-bond donors (Lipinski definition) is 1. The number of thiazole rings is 1. The van der Waals surface area contributed by atoms with Crippen LogP contribution in [0.5, 0.6) is 0 Å². The van der Waals surface area contributed by atoms with Gasteiger partial charge in [0.15, 0.2) is 0 Å². The zero-order valence-electron chi connectivity index (χ0n) is 10.8. The quantitative estimate of drug-likeness (QED) is 0.921. The Kier molecular flexibility index (Phi) is 4.95. The normalized spacial score (nSPS) is 24.9. The average Bonchev–Trinajstić information content (AvgIpc) is 2.73. The molecule has 0 saturated carbocycles. The lowest BCUT2D eigenvalue weighted by atomic mass is 9.90. The first-order valence-corrected chi connectivity index (χ1v) is 6.69. The Morgan fingerprint density at radius 1 is 1.47 bits per heavy atom. The predicted molar refractivity (Wildman–Crippen MR) is 75.9 cm³/mol. The predicted octanol–water partition coefficient (Wildman–Crippen LogP) is 2.35. The Bertz CT molecular complexity index is 380. The lowest BCUT2D eigenvalue weighted by Crippen LogP contribution is -2.31. The maximum absolute atomic E-state index is 5.82. The van der Waals surface area contributed by atoms with Crippen LogP contribution in [0.2, 0.25) is 0 Å². The van der Waals surface area contributed by atoms with Gasteiger partial charge in [0, 0.05) is 18.0 Å². The standard InChI is InChI=1S/C12H21N3S.ClH/c1-9-11(16-10(2)14-9)6-15-5-4-12(3,7-13)8-15;/h4-8,13H2,1-3H3;1H. The zero-order valence-corrected chi connectivity index (χ0v) is 12.5. The minimum Gasteiger partial charge on any atom is -0.330 e. The van der Waals surface area contributed by atoms with Crippen LogP contribution in [0.25, 0.3) is 0 Å². The van der Waals surface area contributed by atoms with E-state index in [4.69, 9.17) is 5.73 Å². The van der Waals surface area contributed by atoms with Gasteiger partial charge in [0.05, 0.1) is 10.7 Å². The second-order valence-electron chi connectivity index (χ2n) is 5.22. The fourth-order valence-corrected chi connectivity index (χ4v) is 3.33. The van der Waals surface area contributed by atoms with Crippen LogP contribution in [-0.2, 0) is 6.54 Å². The smallest absolute Gasteiger partial charge is 0.0900 e. The Morgan fingerprint density at radius 3 is 2.65 bits per heavy atom. The first-order valence-electron chi connectivity index (χ1n) is 5.88.